The van der Waals surface area contributed by atoms with Crippen molar-refractivity contribution in [3.63, 3.8) is 0 Å². The molecule has 1 aliphatic rings. The molecule has 9 heteroatoms. The maximum absolute atomic E-state index is 12.8. The van der Waals surface area contributed by atoms with Crippen LogP contribution in [0.4, 0.5) is 0 Å². The normalized spacial score (nSPS) is 18.0. The van der Waals surface area contributed by atoms with Crippen LogP contribution in [0.2, 0.25) is 0 Å². The van der Waals surface area contributed by atoms with Gasteiger partial charge in [0.15, 0.2) is 5.82 Å². The van der Waals surface area contributed by atoms with Crippen molar-refractivity contribution < 1.29 is 8.42 Å². The van der Waals surface area contributed by atoms with Gasteiger partial charge in [-0.05, 0) is 25.0 Å². The van der Waals surface area contributed by atoms with Crippen molar-refractivity contribution in [2.24, 2.45) is 0 Å². The Labute approximate surface area is 139 Å². The first kappa shape index (κ1) is 15.3. The number of pyridine rings is 1. The summed E-state index contributed by atoms with van der Waals surface area (Å²) in [5.41, 5.74) is 0.554. The Balaban J connectivity index is 1.69. The average Bonchev–Trinajstić information content (AvgIpc) is 3.19. The van der Waals surface area contributed by atoms with E-state index >= 15 is 0 Å². The fourth-order valence-electron chi connectivity index (χ4n) is 3.06. The molecule has 0 unspecified atom stereocenters. The highest BCUT2D eigenvalue weighted by molar-refractivity contribution is 7.89. The molecular weight excluding hydrogens is 328 g/mol. The number of hydrogen-bond donors (Lipinski definition) is 2. The molecule has 2 N–H and O–H groups in total. The summed E-state index contributed by atoms with van der Waals surface area (Å²) in [5.74, 6) is 1.44. The van der Waals surface area contributed by atoms with E-state index in [9.17, 15) is 8.42 Å². The van der Waals surface area contributed by atoms with E-state index in [1.54, 1.807) is 18.3 Å². The topological polar surface area (TPSA) is 106 Å². The zero-order valence-electron chi connectivity index (χ0n) is 13.2. The molecule has 1 atom stereocenters. The molecule has 0 spiro atoms. The quantitative estimate of drug-likeness (QED) is 0.745. The number of nitrogens with zero attached hydrogens (tertiary/aromatic N) is 4. The number of sulfonamides is 1. The number of nitrogens with one attached hydrogen (secondary N) is 2. The minimum Gasteiger partial charge on any atom is -0.345 e. The van der Waals surface area contributed by atoms with Crippen molar-refractivity contribution in [2.75, 3.05) is 0 Å². The van der Waals surface area contributed by atoms with Crippen molar-refractivity contribution in [3.05, 3.63) is 36.2 Å². The summed E-state index contributed by atoms with van der Waals surface area (Å²) < 4.78 is 30.3. The molecule has 0 radical (unpaired) electrons. The number of H-pyrrole nitrogens is 1. The van der Waals surface area contributed by atoms with Gasteiger partial charge in [0.25, 0.3) is 0 Å². The van der Waals surface area contributed by atoms with Crippen LogP contribution in [0.15, 0.2) is 29.4 Å². The van der Waals surface area contributed by atoms with Gasteiger partial charge in [0.2, 0.25) is 10.0 Å². The van der Waals surface area contributed by atoms with E-state index in [1.807, 2.05) is 11.6 Å². The molecule has 0 aliphatic carbocycles. The Bertz CT molecular complexity index is 990. The average molecular weight is 346 g/mol. The largest absolute Gasteiger partial charge is 0.345 e. The zero-order chi connectivity index (χ0) is 16.7. The van der Waals surface area contributed by atoms with Crippen LogP contribution in [0.3, 0.4) is 0 Å². The number of aromatic nitrogens is 5. The summed E-state index contributed by atoms with van der Waals surface area (Å²) in [6, 6.07) is 3.10. The van der Waals surface area contributed by atoms with Crippen molar-refractivity contribution >= 4 is 21.1 Å². The molecule has 0 bridgehead atoms. The van der Waals surface area contributed by atoms with Crippen molar-refractivity contribution in [2.45, 2.75) is 43.7 Å². The minimum atomic E-state index is -3.69. The Morgan fingerprint density at radius 3 is 3.17 bits per heavy atom. The van der Waals surface area contributed by atoms with E-state index in [1.165, 1.54) is 6.20 Å². The molecule has 8 nitrogen and oxygen atoms in total. The third-order valence-corrected chi connectivity index (χ3v) is 5.75. The van der Waals surface area contributed by atoms with Gasteiger partial charge in [0.05, 0.1) is 6.04 Å². The van der Waals surface area contributed by atoms with Crippen LogP contribution in [0.5, 0.6) is 0 Å². The molecule has 24 heavy (non-hydrogen) atoms. The van der Waals surface area contributed by atoms with Gasteiger partial charge in [-0.15, -0.1) is 0 Å². The fraction of sp³-hybridized carbons (Fsp3) is 0.400. The highest BCUT2D eigenvalue weighted by Crippen LogP contribution is 2.27. The zero-order valence-corrected chi connectivity index (χ0v) is 14.0. The fourth-order valence-corrected chi connectivity index (χ4v) is 4.46. The Morgan fingerprint density at radius 1 is 1.46 bits per heavy atom. The third-order valence-electron chi connectivity index (χ3n) is 4.23. The summed E-state index contributed by atoms with van der Waals surface area (Å²) >= 11 is 0. The van der Waals surface area contributed by atoms with Gasteiger partial charge in [-0.25, -0.2) is 27.8 Å². The standard InChI is InChI=1S/C15H18N6O2S/c1-2-13-18-15-11(6-4-8-21(15)19-13)20-24(22,23)12-9-17-14-10(12)5-3-7-16-14/h3,5,7,9,11,20H,2,4,6,8H2,1H3,(H,16,17)/t11-/m0/s1. The van der Waals surface area contributed by atoms with E-state index in [0.29, 0.717) is 23.3 Å². The van der Waals surface area contributed by atoms with Crippen LogP contribution in [0, 0.1) is 0 Å². The summed E-state index contributed by atoms with van der Waals surface area (Å²) in [4.78, 5) is 11.7. The first-order chi connectivity index (χ1) is 11.6. The molecule has 4 heterocycles. The second-order valence-corrected chi connectivity index (χ2v) is 7.51. The first-order valence-corrected chi connectivity index (χ1v) is 9.45. The van der Waals surface area contributed by atoms with E-state index in [0.717, 1.165) is 25.2 Å². The molecule has 0 amide bonds. The molecule has 3 aromatic heterocycles. The number of fused-ring (bicyclic) bond motifs is 2. The van der Waals surface area contributed by atoms with Crippen LogP contribution in [0.25, 0.3) is 11.0 Å². The van der Waals surface area contributed by atoms with E-state index < -0.39 is 10.0 Å². The van der Waals surface area contributed by atoms with Gasteiger partial charge in [0.1, 0.15) is 16.4 Å². The summed E-state index contributed by atoms with van der Waals surface area (Å²) in [6.45, 7) is 2.76. The van der Waals surface area contributed by atoms with Gasteiger partial charge >= 0.3 is 0 Å². The molecular formula is C15H18N6O2S. The van der Waals surface area contributed by atoms with Gasteiger partial charge in [-0.3, -0.25) is 0 Å². The molecule has 126 valence electrons. The maximum Gasteiger partial charge on any atom is 0.243 e. The molecule has 0 fully saturated rings. The molecule has 0 saturated heterocycles. The van der Waals surface area contributed by atoms with Crippen molar-refractivity contribution in [1.29, 1.82) is 0 Å². The second-order valence-electron chi connectivity index (χ2n) is 5.83. The Kier molecular flexibility index (Phi) is 3.61. The van der Waals surface area contributed by atoms with Crippen LogP contribution in [-0.4, -0.2) is 33.2 Å². The molecule has 0 aromatic carbocycles. The third kappa shape index (κ3) is 2.49. The number of aryl methyl sites for hydroxylation is 2. The van der Waals surface area contributed by atoms with E-state index in [4.69, 9.17) is 0 Å². The lowest BCUT2D eigenvalue weighted by Gasteiger charge is -2.22. The summed E-state index contributed by atoms with van der Waals surface area (Å²) in [5, 5.41) is 5.00. The van der Waals surface area contributed by atoms with Crippen molar-refractivity contribution in [1.82, 2.24) is 29.5 Å². The number of rotatable bonds is 4. The lowest BCUT2D eigenvalue weighted by atomic mass is 10.1. The van der Waals surface area contributed by atoms with Crippen LogP contribution in [0.1, 0.15) is 37.5 Å². The summed E-state index contributed by atoms with van der Waals surface area (Å²) in [7, 11) is -3.69. The molecule has 4 rings (SSSR count). The Hall–Kier alpha value is -2.26. The highest BCUT2D eigenvalue weighted by Gasteiger charge is 2.30. The van der Waals surface area contributed by atoms with Gasteiger partial charge in [-0.2, -0.15) is 5.10 Å². The monoisotopic (exact) mass is 346 g/mol. The first-order valence-electron chi connectivity index (χ1n) is 7.96. The smallest absolute Gasteiger partial charge is 0.243 e. The second kappa shape index (κ2) is 5.67. The molecule has 3 aromatic rings. The maximum atomic E-state index is 12.8. The van der Waals surface area contributed by atoms with Crippen LogP contribution in [-0.2, 0) is 23.0 Å². The summed E-state index contributed by atoms with van der Waals surface area (Å²) in [6.07, 6.45) is 5.40. The predicted molar refractivity (Wildman–Crippen MR) is 87.8 cm³/mol. The Morgan fingerprint density at radius 2 is 2.33 bits per heavy atom. The van der Waals surface area contributed by atoms with Crippen LogP contribution < -0.4 is 4.72 Å². The number of hydrogen-bond acceptors (Lipinski definition) is 5. The van der Waals surface area contributed by atoms with Crippen LogP contribution >= 0.6 is 0 Å². The minimum absolute atomic E-state index is 0.206. The molecule has 0 saturated carbocycles. The number of aromatic amines is 1. The SMILES string of the molecule is CCc1nc2n(n1)CCC[C@@H]2NS(=O)(=O)c1c[nH]c2ncccc12. The lowest BCUT2D eigenvalue weighted by Crippen LogP contribution is -2.33. The predicted octanol–water partition coefficient (Wildman–Crippen LogP) is 1.53. The van der Waals surface area contributed by atoms with E-state index in [-0.39, 0.29) is 10.9 Å². The molecule has 1 aliphatic heterocycles. The van der Waals surface area contributed by atoms with Gasteiger partial charge in [-0.1, -0.05) is 6.92 Å². The highest BCUT2D eigenvalue weighted by atomic mass is 32.2. The van der Waals surface area contributed by atoms with E-state index in [2.05, 4.69) is 24.8 Å². The van der Waals surface area contributed by atoms with Gasteiger partial charge < -0.3 is 4.98 Å². The lowest BCUT2D eigenvalue weighted by molar-refractivity contribution is 0.399. The van der Waals surface area contributed by atoms with Crippen molar-refractivity contribution in [3.8, 4) is 0 Å². The van der Waals surface area contributed by atoms with Gasteiger partial charge in [0, 0.05) is 30.7 Å².